The first-order valence-electron chi connectivity index (χ1n) is 9.00. The summed E-state index contributed by atoms with van der Waals surface area (Å²) in [5, 5.41) is 3.76. The standard InChI is InChI=1S/C24H26OSi/c1-5-20-16-18-23(19-17-20)26(25-24(2,3)4,21-12-8-6-9-13-21)22-14-10-7-11-15-22/h5-19H,1H2,2-4H3. The van der Waals surface area contributed by atoms with Crippen molar-refractivity contribution in [1.82, 2.24) is 0 Å². The van der Waals surface area contributed by atoms with Crippen LogP contribution in [0.25, 0.3) is 6.08 Å². The Morgan fingerprint density at radius 2 is 1.12 bits per heavy atom. The van der Waals surface area contributed by atoms with Gasteiger partial charge in [0.1, 0.15) is 0 Å². The fourth-order valence-corrected chi connectivity index (χ4v) is 7.57. The van der Waals surface area contributed by atoms with Crippen molar-refractivity contribution < 1.29 is 4.43 Å². The first kappa shape index (κ1) is 18.4. The van der Waals surface area contributed by atoms with E-state index in [0.29, 0.717) is 0 Å². The molecule has 0 aliphatic rings. The van der Waals surface area contributed by atoms with Gasteiger partial charge in [0.05, 0.1) is 0 Å². The van der Waals surface area contributed by atoms with E-state index in [0.717, 1.165) is 5.56 Å². The lowest BCUT2D eigenvalue weighted by atomic mass is 10.2. The van der Waals surface area contributed by atoms with Crippen molar-refractivity contribution >= 4 is 30.0 Å². The molecule has 3 rings (SSSR count). The van der Waals surface area contributed by atoms with Crippen LogP contribution in [-0.4, -0.2) is 13.9 Å². The summed E-state index contributed by atoms with van der Waals surface area (Å²) in [7, 11) is -2.63. The fourth-order valence-electron chi connectivity index (χ4n) is 3.34. The molecule has 1 nitrogen and oxygen atoms in total. The minimum absolute atomic E-state index is 0.269. The maximum absolute atomic E-state index is 6.97. The average Bonchev–Trinajstić information content (AvgIpc) is 2.67. The van der Waals surface area contributed by atoms with Crippen molar-refractivity contribution in [3.8, 4) is 0 Å². The van der Waals surface area contributed by atoms with Gasteiger partial charge in [0.2, 0.25) is 0 Å². The Kier molecular flexibility index (Phi) is 5.26. The zero-order valence-electron chi connectivity index (χ0n) is 15.8. The van der Waals surface area contributed by atoms with E-state index in [-0.39, 0.29) is 5.60 Å². The van der Waals surface area contributed by atoms with Gasteiger partial charge in [-0.2, -0.15) is 0 Å². The Labute approximate surface area is 158 Å². The van der Waals surface area contributed by atoms with Crippen LogP contribution in [0.5, 0.6) is 0 Å². The molecule has 26 heavy (non-hydrogen) atoms. The second-order valence-electron chi connectivity index (χ2n) is 7.45. The van der Waals surface area contributed by atoms with Crippen LogP contribution in [0.1, 0.15) is 26.3 Å². The minimum Gasteiger partial charge on any atom is -0.399 e. The van der Waals surface area contributed by atoms with E-state index < -0.39 is 8.32 Å². The van der Waals surface area contributed by atoms with Gasteiger partial charge in [-0.1, -0.05) is 97.6 Å². The van der Waals surface area contributed by atoms with Gasteiger partial charge in [0.25, 0.3) is 8.32 Å². The molecule has 0 saturated heterocycles. The summed E-state index contributed by atoms with van der Waals surface area (Å²) in [6, 6.07) is 30.0. The number of hydrogen-bond acceptors (Lipinski definition) is 1. The maximum Gasteiger partial charge on any atom is 0.288 e. The van der Waals surface area contributed by atoms with Crippen LogP contribution in [0.4, 0.5) is 0 Å². The lowest BCUT2D eigenvalue weighted by Crippen LogP contribution is -2.71. The van der Waals surface area contributed by atoms with Crippen molar-refractivity contribution in [1.29, 1.82) is 0 Å². The van der Waals surface area contributed by atoms with Gasteiger partial charge in [-0.05, 0) is 41.9 Å². The summed E-state index contributed by atoms with van der Waals surface area (Å²) in [6.45, 7) is 10.3. The van der Waals surface area contributed by atoms with E-state index in [1.54, 1.807) is 0 Å². The summed E-state index contributed by atoms with van der Waals surface area (Å²) in [5.74, 6) is 0. The Hall–Kier alpha value is -2.42. The highest BCUT2D eigenvalue weighted by Crippen LogP contribution is 2.18. The largest absolute Gasteiger partial charge is 0.399 e. The Bertz CT molecular complexity index is 807. The lowest BCUT2D eigenvalue weighted by Gasteiger charge is -2.39. The predicted octanol–water partition coefficient (Wildman–Crippen LogP) is 4.11. The Morgan fingerprint density at radius 3 is 1.50 bits per heavy atom. The van der Waals surface area contributed by atoms with E-state index in [2.05, 4.69) is 112 Å². The highest BCUT2D eigenvalue weighted by molar-refractivity contribution is 7.07. The van der Waals surface area contributed by atoms with E-state index >= 15 is 0 Å². The SMILES string of the molecule is C=Cc1ccc([Si](OC(C)(C)C)(c2ccccc2)c2ccccc2)cc1. The van der Waals surface area contributed by atoms with Gasteiger partial charge >= 0.3 is 0 Å². The van der Waals surface area contributed by atoms with Crippen LogP contribution in [0.2, 0.25) is 0 Å². The van der Waals surface area contributed by atoms with Crippen molar-refractivity contribution in [3.63, 3.8) is 0 Å². The second-order valence-corrected chi connectivity index (χ2v) is 10.8. The zero-order valence-corrected chi connectivity index (χ0v) is 16.8. The van der Waals surface area contributed by atoms with Crippen LogP contribution < -0.4 is 15.6 Å². The molecule has 0 heterocycles. The minimum atomic E-state index is -2.63. The van der Waals surface area contributed by atoms with Crippen LogP contribution in [0.15, 0.2) is 91.5 Å². The van der Waals surface area contributed by atoms with E-state index in [1.165, 1.54) is 15.6 Å². The number of rotatable bonds is 5. The van der Waals surface area contributed by atoms with E-state index in [1.807, 2.05) is 6.08 Å². The lowest BCUT2D eigenvalue weighted by molar-refractivity contribution is 0.130. The number of hydrogen-bond donors (Lipinski definition) is 0. The van der Waals surface area contributed by atoms with Crippen LogP contribution in [-0.2, 0) is 4.43 Å². The normalized spacial score (nSPS) is 12.0. The molecule has 2 heteroatoms. The van der Waals surface area contributed by atoms with Crippen LogP contribution in [0, 0.1) is 0 Å². The first-order chi connectivity index (χ1) is 12.5. The molecule has 132 valence electrons. The highest BCUT2D eigenvalue weighted by atomic mass is 28.4. The molecule has 0 bridgehead atoms. The van der Waals surface area contributed by atoms with Gasteiger partial charge in [-0.15, -0.1) is 0 Å². The maximum atomic E-state index is 6.97. The molecule has 0 atom stereocenters. The fraction of sp³-hybridized carbons (Fsp3) is 0.167. The van der Waals surface area contributed by atoms with E-state index in [9.17, 15) is 0 Å². The summed E-state index contributed by atoms with van der Waals surface area (Å²) < 4.78 is 6.97. The molecule has 0 spiro atoms. The third-order valence-corrected chi connectivity index (χ3v) is 8.73. The summed E-state index contributed by atoms with van der Waals surface area (Å²) >= 11 is 0. The van der Waals surface area contributed by atoms with Crippen molar-refractivity contribution in [2.24, 2.45) is 0 Å². The molecule has 0 fully saturated rings. The molecule has 3 aromatic rings. The van der Waals surface area contributed by atoms with Gasteiger partial charge in [0.15, 0.2) is 0 Å². The number of benzene rings is 3. The van der Waals surface area contributed by atoms with Gasteiger partial charge in [-0.25, -0.2) is 0 Å². The molecule has 0 unspecified atom stereocenters. The Balaban J connectivity index is 2.32. The molecule has 3 aromatic carbocycles. The monoisotopic (exact) mass is 358 g/mol. The zero-order chi connectivity index (χ0) is 18.6. The first-order valence-corrected chi connectivity index (χ1v) is 10.9. The van der Waals surface area contributed by atoms with Gasteiger partial charge < -0.3 is 4.43 Å². The topological polar surface area (TPSA) is 9.23 Å². The smallest absolute Gasteiger partial charge is 0.288 e. The quantitative estimate of drug-likeness (QED) is 0.493. The summed E-state index contributed by atoms with van der Waals surface area (Å²) in [6.07, 6.45) is 1.88. The summed E-state index contributed by atoms with van der Waals surface area (Å²) in [4.78, 5) is 0. The molecule has 0 aromatic heterocycles. The third kappa shape index (κ3) is 3.72. The molecule has 0 saturated carbocycles. The predicted molar refractivity (Wildman–Crippen MR) is 115 cm³/mol. The molecule has 0 amide bonds. The molecular weight excluding hydrogens is 332 g/mol. The van der Waals surface area contributed by atoms with Crippen molar-refractivity contribution in [2.75, 3.05) is 0 Å². The van der Waals surface area contributed by atoms with Gasteiger partial charge in [0, 0.05) is 5.60 Å². The molecule has 0 N–H and O–H groups in total. The Morgan fingerprint density at radius 1 is 0.692 bits per heavy atom. The highest BCUT2D eigenvalue weighted by Gasteiger charge is 2.44. The average molecular weight is 359 g/mol. The molecule has 0 aliphatic heterocycles. The van der Waals surface area contributed by atoms with Gasteiger partial charge in [-0.3, -0.25) is 0 Å². The van der Waals surface area contributed by atoms with Crippen molar-refractivity contribution in [2.45, 2.75) is 26.4 Å². The van der Waals surface area contributed by atoms with Crippen LogP contribution in [0.3, 0.4) is 0 Å². The van der Waals surface area contributed by atoms with E-state index in [4.69, 9.17) is 4.43 Å². The molecular formula is C24H26OSi. The van der Waals surface area contributed by atoms with Crippen molar-refractivity contribution in [3.05, 3.63) is 97.1 Å². The third-order valence-electron chi connectivity index (χ3n) is 4.37. The second kappa shape index (κ2) is 7.44. The summed E-state index contributed by atoms with van der Waals surface area (Å²) in [5.41, 5.74) is 0.850. The van der Waals surface area contributed by atoms with Crippen LogP contribution >= 0.6 is 0 Å². The molecule has 0 radical (unpaired) electrons. The molecule has 0 aliphatic carbocycles.